The highest BCUT2D eigenvalue weighted by Crippen LogP contribution is 2.40. The van der Waals surface area contributed by atoms with Crippen LogP contribution in [0, 0.1) is 0 Å². The maximum atomic E-state index is 10.7. The summed E-state index contributed by atoms with van der Waals surface area (Å²) in [5.41, 5.74) is 0.837. The van der Waals surface area contributed by atoms with Gasteiger partial charge >= 0.3 is 0 Å². The van der Waals surface area contributed by atoms with E-state index in [2.05, 4.69) is 16.7 Å². The fraction of sp³-hybridized carbons (Fsp3) is 0.625. The lowest BCUT2D eigenvalue weighted by Gasteiger charge is -2.42. The summed E-state index contributed by atoms with van der Waals surface area (Å²) in [4.78, 5) is 4.78. The van der Waals surface area contributed by atoms with Gasteiger partial charge in [-0.05, 0) is 12.6 Å². The Morgan fingerprint density at radius 2 is 2.05 bits per heavy atom. The Labute approximate surface area is 126 Å². The topological polar surface area (TPSA) is 45.2 Å². The van der Waals surface area contributed by atoms with Gasteiger partial charge in [-0.1, -0.05) is 19.1 Å². The first-order valence-corrected chi connectivity index (χ1v) is 7.68. The van der Waals surface area contributed by atoms with Gasteiger partial charge in [0, 0.05) is 31.7 Å². The minimum Gasteiger partial charge on any atom is -0.493 e. The summed E-state index contributed by atoms with van der Waals surface area (Å²) in [6.07, 6.45) is -0.517. The second-order valence-electron chi connectivity index (χ2n) is 5.67. The number of likely N-dealkylation sites (N-methyl/N-ethyl adjacent to an activating group) is 1. The lowest BCUT2D eigenvalue weighted by atomic mass is 9.97. The van der Waals surface area contributed by atoms with Gasteiger partial charge in [-0.2, -0.15) is 0 Å². The van der Waals surface area contributed by atoms with Crippen LogP contribution < -0.4 is 9.47 Å². The summed E-state index contributed by atoms with van der Waals surface area (Å²) in [5.74, 6) is 1.39. The number of ether oxygens (including phenoxy) is 2. The number of hydrogen-bond donors (Lipinski definition) is 1. The predicted octanol–water partition coefficient (Wildman–Crippen LogP) is 1.13. The average Bonchev–Trinajstić information content (AvgIpc) is 2.55. The zero-order valence-corrected chi connectivity index (χ0v) is 12.8. The number of rotatable bonds is 3. The Hall–Kier alpha value is -1.30. The van der Waals surface area contributed by atoms with Gasteiger partial charge in [-0.25, -0.2) is 0 Å². The minimum absolute atomic E-state index is 0.0311. The van der Waals surface area contributed by atoms with Crippen molar-refractivity contribution in [2.75, 3.05) is 46.4 Å². The molecule has 1 N–H and O–H groups in total. The zero-order valence-electron chi connectivity index (χ0n) is 12.8. The Balaban J connectivity index is 1.75. The maximum absolute atomic E-state index is 10.7. The van der Waals surface area contributed by atoms with Crippen LogP contribution >= 0.6 is 0 Å². The Bertz CT molecular complexity index is 486. The van der Waals surface area contributed by atoms with Crippen LogP contribution in [0.1, 0.15) is 18.6 Å². The number of methoxy groups -OCH3 is 1. The molecule has 0 amide bonds. The van der Waals surface area contributed by atoms with E-state index in [0.29, 0.717) is 18.1 Å². The third-order valence-corrected chi connectivity index (χ3v) is 4.63. The third kappa shape index (κ3) is 2.73. The Morgan fingerprint density at radius 1 is 1.29 bits per heavy atom. The molecule has 2 heterocycles. The molecule has 21 heavy (non-hydrogen) atoms. The highest BCUT2D eigenvalue weighted by atomic mass is 16.5. The molecular weight excluding hydrogens is 268 g/mol. The average molecular weight is 292 g/mol. The smallest absolute Gasteiger partial charge is 0.167 e. The number of aliphatic hydroxyl groups excluding tert-OH is 1. The third-order valence-electron chi connectivity index (χ3n) is 4.63. The molecule has 1 fully saturated rings. The van der Waals surface area contributed by atoms with Crippen LogP contribution in [0.4, 0.5) is 0 Å². The normalized spacial score (nSPS) is 27.0. The van der Waals surface area contributed by atoms with Crippen LogP contribution in [0.2, 0.25) is 0 Å². The van der Waals surface area contributed by atoms with Gasteiger partial charge in [-0.15, -0.1) is 0 Å². The van der Waals surface area contributed by atoms with Crippen LogP contribution in [-0.2, 0) is 0 Å². The molecule has 0 saturated carbocycles. The number of hydrogen-bond acceptors (Lipinski definition) is 5. The zero-order chi connectivity index (χ0) is 14.8. The van der Waals surface area contributed by atoms with Crippen molar-refractivity contribution in [2.24, 2.45) is 0 Å². The van der Waals surface area contributed by atoms with Crippen molar-refractivity contribution < 1.29 is 14.6 Å². The molecule has 5 nitrogen and oxygen atoms in total. The standard InChI is InChI=1S/C16H24N2O3/c1-3-17-7-9-18(10-8-17)13-11-21-16-12(15(13)19)5-4-6-14(16)20-2/h4-6,13,15,19H,3,7-11H2,1-2H3. The number of nitrogens with zero attached hydrogens (tertiary/aromatic N) is 2. The molecule has 0 aliphatic carbocycles. The molecule has 3 rings (SSSR count). The van der Waals surface area contributed by atoms with E-state index in [4.69, 9.17) is 9.47 Å². The first-order valence-electron chi connectivity index (χ1n) is 7.68. The molecule has 2 aliphatic heterocycles. The van der Waals surface area contributed by atoms with Crippen LogP contribution in [0.3, 0.4) is 0 Å². The lowest BCUT2D eigenvalue weighted by molar-refractivity contribution is -0.0173. The van der Waals surface area contributed by atoms with Gasteiger partial charge in [-0.3, -0.25) is 4.90 Å². The highest BCUT2D eigenvalue weighted by Gasteiger charge is 2.36. The SMILES string of the molecule is CCN1CCN(C2COc3c(OC)cccc3C2O)CC1. The lowest BCUT2D eigenvalue weighted by Crippen LogP contribution is -2.54. The van der Waals surface area contributed by atoms with Crippen LogP contribution in [-0.4, -0.2) is 67.4 Å². The maximum Gasteiger partial charge on any atom is 0.167 e. The van der Waals surface area contributed by atoms with Crippen LogP contribution in [0.25, 0.3) is 0 Å². The van der Waals surface area contributed by atoms with Crippen molar-refractivity contribution in [1.29, 1.82) is 0 Å². The fourth-order valence-corrected chi connectivity index (χ4v) is 3.26. The minimum atomic E-state index is -0.517. The number of para-hydroxylation sites is 1. The molecule has 0 aromatic heterocycles. The summed E-state index contributed by atoms with van der Waals surface area (Å²) in [6, 6.07) is 5.73. The van der Waals surface area contributed by atoms with Gasteiger partial charge < -0.3 is 19.5 Å². The molecule has 0 spiro atoms. The molecule has 5 heteroatoms. The molecule has 2 atom stereocenters. The first-order chi connectivity index (χ1) is 10.2. The first kappa shape index (κ1) is 14.6. The van der Waals surface area contributed by atoms with E-state index in [1.807, 2.05) is 18.2 Å². The van der Waals surface area contributed by atoms with Gasteiger partial charge in [0.25, 0.3) is 0 Å². The van der Waals surface area contributed by atoms with Crippen LogP contribution in [0.5, 0.6) is 11.5 Å². The molecule has 2 unspecified atom stereocenters. The monoisotopic (exact) mass is 292 g/mol. The number of fused-ring (bicyclic) bond motifs is 1. The van der Waals surface area contributed by atoms with E-state index >= 15 is 0 Å². The van der Waals surface area contributed by atoms with Crippen molar-refractivity contribution in [2.45, 2.75) is 19.1 Å². The molecule has 116 valence electrons. The van der Waals surface area contributed by atoms with Crippen molar-refractivity contribution in [3.05, 3.63) is 23.8 Å². The second-order valence-corrected chi connectivity index (χ2v) is 5.67. The molecule has 1 aromatic carbocycles. The van der Waals surface area contributed by atoms with Crippen molar-refractivity contribution in [3.8, 4) is 11.5 Å². The van der Waals surface area contributed by atoms with E-state index in [1.165, 1.54) is 0 Å². The summed E-state index contributed by atoms with van der Waals surface area (Å²) in [6.45, 7) is 7.89. The predicted molar refractivity (Wildman–Crippen MR) is 80.9 cm³/mol. The van der Waals surface area contributed by atoms with E-state index in [1.54, 1.807) is 7.11 Å². The molecule has 0 radical (unpaired) electrons. The summed E-state index contributed by atoms with van der Waals surface area (Å²) in [5, 5.41) is 10.7. The largest absolute Gasteiger partial charge is 0.493 e. The molecule has 0 bridgehead atoms. The molecule has 1 saturated heterocycles. The quantitative estimate of drug-likeness (QED) is 0.905. The highest BCUT2D eigenvalue weighted by molar-refractivity contribution is 5.49. The Kier molecular flexibility index (Phi) is 4.33. The van der Waals surface area contributed by atoms with Gasteiger partial charge in [0.1, 0.15) is 12.7 Å². The Morgan fingerprint density at radius 3 is 2.71 bits per heavy atom. The number of piperazine rings is 1. The second kappa shape index (κ2) is 6.22. The summed E-state index contributed by atoms with van der Waals surface area (Å²) >= 11 is 0. The van der Waals surface area contributed by atoms with E-state index in [9.17, 15) is 5.11 Å². The number of benzene rings is 1. The fourth-order valence-electron chi connectivity index (χ4n) is 3.26. The van der Waals surface area contributed by atoms with Gasteiger partial charge in [0.2, 0.25) is 0 Å². The molecular formula is C16H24N2O3. The van der Waals surface area contributed by atoms with Crippen molar-refractivity contribution in [1.82, 2.24) is 9.80 Å². The van der Waals surface area contributed by atoms with Crippen molar-refractivity contribution >= 4 is 0 Å². The summed E-state index contributed by atoms with van der Waals surface area (Å²) < 4.78 is 11.2. The van der Waals surface area contributed by atoms with Gasteiger partial charge in [0.15, 0.2) is 11.5 Å². The number of aliphatic hydroxyl groups is 1. The molecule has 2 aliphatic rings. The van der Waals surface area contributed by atoms with E-state index in [-0.39, 0.29) is 6.04 Å². The molecule has 1 aromatic rings. The van der Waals surface area contributed by atoms with Crippen molar-refractivity contribution in [3.63, 3.8) is 0 Å². The van der Waals surface area contributed by atoms with E-state index < -0.39 is 6.10 Å². The van der Waals surface area contributed by atoms with E-state index in [0.717, 1.165) is 38.3 Å². The van der Waals surface area contributed by atoms with Crippen LogP contribution in [0.15, 0.2) is 18.2 Å². The summed E-state index contributed by atoms with van der Waals surface area (Å²) in [7, 11) is 1.63. The van der Waals surface area contributed by atoms with Gasteiger partial charge in [0.05, 0.1) is 13.2 Å².